The standard InChI is InChI=1S/C30H29FN2O/c1-19-17-30(2,3)33-27-15-14-23(24-13-12-21(31)16-28(24)34-4)25(29(19)27)18-32-26-11-7-9-20-8-5-6-10-22(20)26/h5-17,32-33H,18H2,1-4H3. The van der Waals surface area contributed by atoms with Gasteiger partial charge in [0.1, 0.15) is 11.6 Å². The van der Waals surface area contributed by atoms with Crippen molar-refractivity contribution in [3.8, 4) is 16.9 Å². The molecule has 34 heavy (non-hydrogen) atoms. The Morgan fingerprint density at radius 2 is 1.71 bits per heavy atom. The number of allylic oxidation sites excluding steroid dienone is 1. The van der Waals surface area contributed by atoms with Gasteiger partial charge in [0.15, 0.2) is 0 Å². The highest BCUT2D eigenvalue weighted by atomic mass is 19.1. The van der Waals surface area contributed by atoms with Gasteiger partial charge in [-0.15, -0.1) is 0 Å². The van der Waals surface area contributed by atoms with Gasteiger partial charge in [-0.25, -0.2) is 4.39 Å². The minimum absolute atomic E-state index is 0.132. The number of benzene rings is 4. The molecule has 2 N–H and O–H groups in total. The maximum atomic E-state index is 14.0. The summed E-state index contributed by atoms with van der Waals surface area (Å²) >= 11 is 0. The van der Waals surface area contributed by atoms with E-state index in [0.29, 0.717) is 12.3 Å². The van der Waals surface area contributed by atoms with Gasteiger partial charge in [-0.2, -0.15) is 0 Å². The molecular formula is C30H29FN2O. The Labute approximate surface area is 200 Å². The molecule has 0 spiro atoms. The Morgan fingerprint density at radius 1 is 0.941 bits per heavy atom. The van der Waals surface area contributed by atoms with Crippen LogP contribution in [0.1, 0.15) is 31.9 Å². The van der Waals surface area contributed by atoms with Crippen LogP contribution in [-0.4, -0.2) is 12.6 Å². The SMILES string of the molecule is COc1cc(F)ccc1-c1ccc2c(c1CNc1cccc3ccccc13)C(C)=CC(C)(C)N2. The highest BCUT2D eigenvalue weighted by Crippen LogP contribution is 2.43. The summed E-state index contributed by atoms with van der Waals surface area (Å²) in [5.74, 6) is 0.213. The second-order valence-electron chi connectivity index (χ2n) is 9.41. The van der Waals surface area contributed by atoms with E-state index in [0.717, 1.165) is 28.1 Å². The average molecular weight is 453 g/mol. The van der Waals surface area contributed by atoms with Gasteiger partial charge in [-0.1, -0.05) is 48.5 Å². The fourth-order valence-corrected chi connectivity index (χ4v) is 5.09. The Morgan fingerprint density at radius 3 is 2.53 bits per heavy atom. The summed E-state index contributed by atoms with van der Waals surface area (Å²) in [6.07, 6.45) is 2.27. The van der Waals surface area contributed by atoms with Crippen molar-refractivity contribution < 1.29 is 9.13 Å². The molecule has 0 saturated heterocycles. The lowest BCUT2D eigenvalue weighted by atomic mass is 9.85. The molecule has 1 heterocycles. The first-order chi connectivity index (χ1) is 16.4. The Balaban J connectivity index is 1.66. The zero-order valence-electron chi connectivity index (χ0n) is 20.0. The monoisotopic (exact) mass is 452 g/mol. The molecule has 172 valence electrons. The van der Waals surface area contributed by atoms with Gasteiger partial charge >= 0.3 is 0 Å². The highest BCUT2D eigenvalue weighted by molar-refractivity contribution is 5.94. The number of fused-ring (bicyclic) bond motifs is 2. The summed E-state index contributed by atoms with van der Waals surface area (Å²) in [7, 11) is 1.58. The fraction of sp³-hybridized carbons (Fsp3) is 0.200. The zero-order chi connectivity index (χ0) is 23.9. The molecule has 3 nitrogen and oxygen atoms in total. The predicted octanol–water partition coefficient (Wildman–Crippen LogP) is 7.87. The molecule has 4 aromatic rings. The number of hydrogen-bond acceptors (Lipinski definition) is 3. The molecule has 4 heteroatoms. The average Bonchev–Trinajstić information content (AvgIpc) is 2.81. The summed E-state index contributed by atoms with van der Waals surface area (Å²) < 4.78 is 19.5. The molecule has 5 rings (SSSR count). The van der Waals surface area contributed by atoms with Crippen LogP contribution in [0.5, 0.6) is 5.75 Å². The summed E-state index contributed by atoms with van der Waals surface area (Å²) in [6, 6.07) is 23.6. The number of halogens is 1. The molecule has 0 atom stereocenters. The molecule has 4 aromatic carbocycles. The molecule has 1 aliphatic rings. The van der Waals surface area contributed by atoms with Crippen LogP contribution in [0.2, 0.25) is 0 Å². The maximum absolute atomic E-state index is 14.0. The summed E-state index contributed by atoms with van der Waals surface area (Å²) in [6.45, 7) is 7.11. The minimum atomic E-state index is -0.312. The van der Waals surface area contributed by atoms with E-state index in [1.807, 2.05) is 0 Å². The number of hydrogen-bond donors (Lipinski definition) is 2. The van der Waals surface area contributed by atoms with Gasteiger partial charge in [-0.3, -0.25) is 0 Å². The number of ether oxygens (including phenoxy) is 1. The lowest BCUT2D eigenvalue weighted by molar-refractivity contribution is 0.413. The van der Waals surface area contributed by atoms with E-state index in [2.05, 4.69) is 92.1 Å². The van der Waals surface area contributed by atoms with E-state index < -0.39 is 0 Å². The molecule has 0 radical (unpaired) electrons. The van der Waals surface area contributed by atoms with Crippen molar-refractivity contribution in [3.63, 3.8) is 0 Å². The quantitative estimate of drug-likeness (QED) is 0.323. The Hall–Kier alpha value is -3.79. The van der Waals surface area contributed by atoms with Gasteiger partial charge < -0.3 is 15.4 Å². The van der Waals surface area contributed by atoms with Crippen molar-refractivity contribution in [2.45, 2.75) is 32.9 Å². The third-order valence-corrected chi connectivity index (χ3v) is 6.44. The molecule has 0 amide bonds. The molecule has 1 aliphatic heterocycles. The van der Waals surface area contributed by atoms with Crippen molar-refractivity contribution in [1.82, 2.24) is 0 Å². The van der Waals surface area contributed by atoms with E-state index in [9.17, 15) is 4.39 Å². The van der Waals surface area contributed by atoms with Crippen LogP contribution in [0.25, 0.3) is 27.5 Å². The number of nitrogens with one attached hydrogen (secondary N) is 2. The maximum Gasteiger partial charge on any atom is 0.129 e. The first-order valence-corrected chi connectivity index (χ1v) is 11.6. The van der Waals surface area contributed by atoms with Crippen LogP contribution in [0.15, 0.2) is 78.9 Å². The second-order valence-corrected chi connectivity index (χ2v) is 9.41. The second kappa shape index (κ2) is 8.53. The van der Waals surface area contributed by atoms with Gasteiger partial charge in [-0.05, 0) is 67.1 Å². The van der Waals surface area contributed by atoms with Crippen LogP contribution < -0.4 is 15.4 Å². The molecule has 0 aromatic heterocycles. The number of rotatable bonds is 5. The van der Waals surface area contributed by atoms with Crippen LogP contribution in [0.4, 0.5) is 15.8 Å². The topological polar surface area (TPSA) is 33.3 Å². The predicted molar refractivity (Wildman–Crippen MR) is 141 cm³/mol. The van der Waals surface area contributed by atoms with Crippen LogP contribution in [0, 0.1) is 5.82 Å². The molecule has 0 aliphatic carbocycles. The smallest absolute Gasteiger partial charge is 0.129 e. The first-order valence-electron chi connectivity index (χ1n) is 11.6. The van der Waals surface area contributed by atoms with E-state index in [1.54, 1.807) is 13.2 Å². The molecule has 0 saturated carbocycles. The third kappa shape index (κ3) is 4.01. The molecule has 0 fully saturated rings. The third-order valence-electron chi connectivity index (χ3n) is 6.44. The van der Waals surface area contributed by atoms with Gasteiger partial charge in [0.2, 0.25) is 0 Å². The van der Waals surface area contributed by atoms with Gasteiger partial charge in [0.05, 0.1) is 12.6 Å². The normalized spacial score (nSPS) is 14.2. The van der Waals surface area contributed by atoms with E-state index in [4.69, 9.17) is 4.74 Å². The summed E-state index contributed by atoms with van der Waals surface area (Å²) in [4.78, 5) is 0. The fourth-order valence-electron chi connectivity index (χ4n) is 5.09. The molecule has 0 bridgehead atoms. The number of methoxy groups -OCH3 is 1. The lowest BCUT2D eigenvalue weighted by Crippen LogP contribution is -2.32. The largest absolute Gasteiger partial charge is 0.496 e. The first kappa shape index (κ1) is 22.0. The zero-order valence-corrected chi connectivity index (χ0v) is 20.0. The molecule has 0 unspecified atom stereocenters. The lowest BCUT2D eigenvalue weighted by Gasteiger charge is -2.33. The van der Waals surface area contributed by atoms with E-state index in [-0.39, 0.29) is 11.4 Å². The Kier molecular flexibility index (Phi) is 5.52. The van der Waals surface area contributed by atoms with Crippen molar-refractivity contribution in [3.05, 3.63) is 95.8 Å². The van der Waals surface area contributed by atoms with Crippen molar-refractivity contribution in [1.29, 1.82) is 0 Å². The van der Waals surface area contributed by atoms with Crippen LogP contribution in [-0.2, 0) is 6.54 Å². The van der Waals surface area contributed by atoms with E-state index in [1.165, 1.54) is 34.0 Å². The van der Waals surface area contributed by atoms with Crippen molar-refractivity contribution in [2.24, 2.45) is 0 Å². The van der Waals surface area contributed by atoms with Gasteiger partial charge in [0.25, 0.3) is 0 Å². The summed E-state index contributed by atoms with van der Waals surface area (Å²) in [5.41, 5.74) is 7.49. The van der Waals surface area contributed by atoms with Crippen LogP contribution in [0.3, 0.4) is 0 Å². The van der Waals surface area contributed by atoms with Crippen molar-refractivity contribution >= 4 is 27.7 Å². The Bertz CT molecular complexity index is 1420. The summed E-state index contributed by atoms with van der Waals surface area (Å²) in [5, 5.41) is 9.72. The number of anilines is 2. The molecular weight excluding hydrogens is 423 g/mol. The van der Waals surface area contributed by atoms with Crippen LogP contribution >= 0.6 is 0 Å². The van der Waals surface area contributed by atoms with E-state index >= 15 is 0 Å². The van der Waals surface area contributed by atoms with Crippen molar-refractivity contribution in [2.75, 3.05) is 17.7 Å². The highest BCUT2D eigenvalue weighted by Gasteiger charge is 2.26. The van der Waals surface area contributed by atoms with Gasteiger partial charge in [0, 0.05) is 40.5 Å². The minimum Gasteiger partial charge on any atom is -0.496 e.